The number of hydrogen-bond donors (Lipinski definition) is 1. The molecule has 1 aromatic heterocycles. The summed E-state index contributed by atoms with van der Waals surface area (Å²) in [5.74, 6) is 3.26. The van der Waals surface area contributed by atoms with Crippen LogP contribution < -0.4 is 14.8 Å². The van der Waals surface area contributed by atoms with Gasteiger partial charge in [0, 0.05) is 29.6 Å². The topological polar surface area (TPSA) is 56.3 Å². The van der Waals surface area contributed by atoms with Crippen molar-refractivity contribution in [2.75, 3.05) is 18.5 Å². The molecule has 2 aliphatic rings. The molecule has 1 N–H and O–H groups in total. The average Bonchev–Trinajstić information content (AvgIpc) is 3.24. The monoisotopic (exact) mass is 289 g/mol. The molecule has 0 amide bonds. The van der Waals surface area contributed by atoms with Crippen LogP contribution in [0.3, 0.4) is 0 Å². The van der Waals surface area contributed by atoms with Crippen LogP contribution in [0, 0.1) is 0 Å². The number of ether oxygens (including phenoxy) is 2. The number of para-hydroxylation sites is 1. The van der Waals surface area contributed by atoms with Crippen LogP contribution in [-0.4, -0.2) is 22.6 Å². The van der Waals surface area contributed by atoms with Gasteiger partial charge in [0.1, 0.15) is 19.0 Å². The van der Waals surface area contributed by atoms with Gasteiger partial charge in [-0.3, -0.25) is 0 Å². The zero-order chi connectivity index (χ0) is 13.4. The van der Waals surface area contributed by atoms with Crippen molar-refractivity contribution in [1.82, 2.24) is 9.36 Å². The van der Waals surface area contributed by atoms with Crippen molar-refractivity contribution in [1.29, 1.82) is 0 Å². The van der Waals surface area contributed by atoms with Crippen LogP contribution in [0.15, 0.2) is 18.2 Å². The van der Waals surface area contributed by atoms with E-state index in [2.05, 4.69) is 14.7 Å². The molecular formula is C14H15N3O2S. The minimum absolute atomic E-state index is 0.600. The summed E-state index contributed by atoms with van der Waals surface area (Å²) in [4.78, 5) is 4.52. The van der Waals surface area contributed by atoms with Crippen LogP contribution in [-0.2, 0) is 6.54 Å². The number of nitrogens with one attached hydrogen (secondary N) is 1. The Morgan fingerprint density at radius 3 is 3.05 bits per heavy atom. The number of aromatic nitrogens is 2. The molecule has 1 saturated carbocycles. The SMILES string of the molecule is c1cc(CNc2nc(C3CC3)ns2)c2c(c1)OCCO2. The summed E-state index contributed by atoms with van der Waals surface area (Å²) >= 11 is 1.43. The van der Waals surface area contributed by atoms with Gasteiger partial charge in [-0.25, -0.2) is 4.98 Å². The Morgan fingerprint density at radius 2 is 2.15 bits per heavy atom. The maximum atomic E-state index is 5.70. The second-order valence-electron chi connectivity index (χ2n) is 5.03. The van der Waals surface area contributed by atoms with E-state index in [-0.39, 0.29) is 0 Å². The Balaban J connectivity index is 1.48. The highest BCUT2D eigenvalue weighted by Gasteiger charge is 2.27. The van der Waals surface area contributed by atoms with Crippen molar-refractivity contribution in [3.05, 3.63) is 29.6 Å². The highest BCUT2D eigenvalue weighted by molar-refractivity contribution is 7.09. The van der Waals surface area contributed by atoms with Crippen LogP contribution >= 0.6 is 11.5 Å². The van der Waals surface area contributed by atoms with E-state index in [1.54, 1.807) is 0 Å². The molecule has 0 atom stereocenters. The maximum absolute atomic E-state index is 5.70. The van der Waals surface area contributed by atoms with Gasteiger partial charge in [0.15, 0.2) is 11.5 Å². The normalized spacial score (nSPS) is 17.0. The molecule has 20 heavy (non-hydrogen) atoms. The Bertz CT molecular complexity index is 625. The largest absolute Gasteiger partial charge is 0.486 e. The lowest BCUT2D eigenvalue weighted by atomic mass is 10.2. The van der Waals surface area contributed by atoms with Gasteiger partial charge in [-0.05, 0) is 18.9 Å². The highest BCUT2D eigenvalue weighted by atomic mass is 32.1. The van der Waals surface area contributed by atoms with Crippen molar-refractivity contribution >= 4 is 16.7 Å². The molecule has 0 bridgehead atoms. The number of nitrogens with zero attached hydrogens (tertiary/aromatic N) is 2. The predicted octanol–water partition coefficient (Wildman–Crippen LogP) is 2.80. The van der Waals surface area contributed by atoms with E-state index in [1.807, 2.05) is 18.2 Å². The average molecular weight is 289 g/mol. The summed E-state index contributed by atoms with van der Waals surface area (Å²) in [6.07, 6.45) is 2.46. The van der Waals surface area contributed by atoms with E-state index in [4.69, 9.17) is 9.47 Å². The number of fused-ring (bicyclic) bond motifs is 1. The molecule has 1 aliphatic heterocycles. The van der Waals surface area contributed by atoms with E-state index in [0.717, 1.165) is 28.0 Å². The number of rotatable bonds is 4. The van der Waals surface area contributed by atoms with Crippen LogP contribution in [0.1, 0.15) is 30.1 Å². The summed E-state index contributed by atoms with van der Waals surface area (Å²) in [5, 5.41) is 4.20. The molecular weight excluding hydrogens is 274 g/mol. The fourth-order valence-corrected chi connectivity index (χ4v) is 2.90. The van der Waals surface area contributed by atoms with Gasteiger partial charge >= 0.3 is 0 Å². The van der Waals surface area contributed by atoms with Crippen LogP contribution in [0.4, 0.5) is 5.13 Å². The van der Waals surface area contributed by atoms with Crippen LogP contribution in [0.2, 0.25) is 0 Å². The van der Waals surface area contributed by atoms with Crippen molar-refractivity contribution < 1.29 is 9.47 Å². The van der Waals surface area contributed by atoms with Crippen molar-refractivity contribution in [2.45, 2.75) is 25.3 Å². The van der Waals surface area contributed by atoms with Gasteiger partial charge in [-0.15, -0.1) is 0 Å². The van der Waals surface area contributed by atoms with Crippen molar-refractivity contribution in [3.8, 4) is 11.5 Å². The van der Waals surface area contributed by atoms with Crippen molar-refractivity contribution in [3.63, 3.8) is 0 Å². The van der Waals surface area contributed by atoms with Gasteiger partial charge in [-0.1, -0.05) is 12.1 Å². The summed E-state index contributed by atoms with van der Waals surface area (Å²) in [6.45, 7) is 1.89. The Morgan fingerprint density at radius 1 is 1.25 bits per heavy atom. The fourth-order valence-electron chi connectivity index (χ4n) is 2.26. The van der Waals surface area contributed by atoms with Crippen molar-refractivity contribution in [2.24, 2.45) is 0 Å². The zero-order valence-electron chi connectivity index (χ0n) is 11.0. The van der Waals surface area contributed by atoms with E-state index in [1.165, 1.54) is 24.4 Å². The third-order valence-electron chi connectivity index (χ3n) is 3.46. The summed E-state index contributed by atoms with van der Waals surface area (Å²) in [7, 11) is 0. The second kappa shape index (κ2) is 4.94. The lowest BCUT2D eigenvalue weighted by Gasteiger charge is -2.20. The van der Waals surface area contributed by atoms with Gasteiger partial charge in [-0.2, -0.15) is 4.37 Å². The first kappa shape index (κ1) is 12.0. The van der Waals surface area contributed by atoms with E-state index >= 15 is 0 Å². The van der Waals surface area contributed by atoms with E-state index in [0.29, 0.717) is 25.7 Å². The minimum atomic E-state index is 0.600. The summed E-state index contributed by atoms with van der Waals surface area (Å²) < 4.78 is 15.7. The zero-order valence-corrected chi connectivity index (χ0v) is 11.8. The molecule has 5 nitrogen and oxygen atoms in total. The molecule has 1 aliphatic carbocycles. The first-order chi connectivity index (χ1) is 9.90. The third-order valence-corrected chi connectivity index (χ3v) is 4.15. The molecule has 1 fully saturated rings. The Hall–Kier alpha value is -1.82. The molecule has 4 rings (SSSR count). The molecule has 2 aromatic rings. The molecule has 104 valence electrons. The van der Waals surface area contributed by atoms with Gasteiger partial charge in [0.25, 0.3) is 0 Å². The predicted molar refractivity (Wildman–Crippen MR) is 76.6 cm³/mol. The Kier molecular flexibility index (Phi) is 2.95. The summed E-state index contributed by atoms with van der Waals surface area (Å²) in [6, 6.07) is 5.97. The molecule has 0 saturated heterocycles. The van der Waals surface area contributed by atoms with Crippen LogP contribution in [0.25, 0.3) is 0 Å². The number of hydrogen-bond acceptors (Lipinski definition) is 6. The van der Waals surface area contributed by atoms with Gasteiger partial charge in [0.05, 0.1) is 0 Å². The minimum Gasteiger partial charge on any atom is -0.486 e. The first-order valence-electron chi connectivity index (χ1n) is 6.85. The van der Waals surface area contributed by atoms with E-state index < -0.39 is 0 Å². The molecule has 0 spiro atoms. The quantitative estimate of drug-likeness (QED) is 0.938. The lowest BCUT2D eigenvalue weighted by molar-refractivity contribution is 0.170. The number of anilines is 1. The third kappa shape index (κ3) is 2.31. The standard InChI is InChI=1S/C14H15N3O2S/c1-2-10(12-11(3-1)18-6-7-19-12)8-15-14-16-13(17-20-14)9-4-5-9/h1-3,9H,4-8H2,(H,15,16,17). The lowest BCUT2D eigenvalue weighted by Crippen LogP contribution is -2.17. The van der Waals surface area contributed by atoms with E-state index in [9.17, 15) is 0 Å². The summed E-state index contributed by atoms with van der Waals surface area (Å²) in [5.41, 5.74) is 1.09. The number of benzene rings is 1. The highest BCUT2D eigenvalue weighted by Crippen LogP contribution is 2.39. The Labute approximate surface area is 121 Å². The maximum Gasteiger partial charge on any atom is 0.202 e. The van der Waals surface area contributed by atoms with Gasteiger partial charge in [0.2, 0.25) is 5.13 Å². The smallest absolute Gasteiger partial charge is 0.202 e. The molecule has 6 heteroatoms. The first-order valence-corrected chi connectivity index (χ1v) is 7.62. The van der Waals surface area contributed by atoms with Gasteiger partial charge < -0.3 is 14.8 Å². The fraction of sp³-hybridized carbons (Fsp3) is 0.429. The molecule has 0 radical (unpaired) electrons. The molecule has 1 aromatic carbocycles. The van der Waals surface area contributed by atoms with Crippen LogP contribution in [0.5, 0.6) is 11.5 Å². The second-order valence-corrected chi connectivity index (χ2v) is 5.78. The molecule has 0 unspecified atom stereocenters. The molecule has 2 heterocycles.